The van der Waals surface area contributed by atoms with Crippen molar-refractivity contribution in [3.63, 3.8) is 0 Å². The number of halogens is 1. The van der Waals surface area contributed by atoms with Crippen molar-refractivity contribution in [2.75, 3.05) is 13.2 Å². The standard InChI is InChI=1S/C22H25ClO7/c23-15-3-2-12(22-21(28)20(27)19(26)18(10-24)30-22)9-13(15)7-11-1-4-17-14(8-11)16(25)5-6-29-17/h1-4,8-9,16,18-22,24-28H,5-7,10H2. The second kappa shape index (κ2) is 8.80. The molecule has 0 saturated carbocycles. The molecule has 0 radical (unpaired) electrons. The average molecular weight is 437 g/mol. The predicted octanol–water partition coefficient (Wildman–Crippen LogP) is 1.26. The van der Waals surface area contributed by atoms with E-state index in [0.29, 0.717) is 35.8 Å². The van der Waals surface area contributed by atoms with Crippen LogP contribution < -0.4 is 4.74 Å². The number of hydrogen-bond acceptors (Lipinski definition) is 7. The van der Waals surface area contributed by atoms with Crippen LogP contribution in [0.4, 0.5) is 0 Å². The van der Waals surface area contributed by atoms with E-state index in [1.807, 2.05) is 18.2 Å². The Morgan fingerprint density at radius 1 is 0.967 bits per heavy atom. The zero-order valence-corrected chi connectivity index (χ0v) is 16.9. The Hall–Kier alpha value is -1.71. The van der Waals surface area contributed by atoms with Crippen LogP contribution in [0.25, 0.3) is 0 Å². The highest BCUT2D eigenvalue weighted by atomic mass is 35.5. The highest BCUT2D eigenvalue weighted by Crippen LogP contribution is 2.36. The fourth-order valence-corrected chi connectivity index (χ4v) is 4.22. The minimum atomic E-state index is -1.44. The zero-order valence-electron chi connectivity index (χ0n) is 16.2. The molecule has 1 fully saturated rings. The van der Waals surface area contributed by atoms with E-state index in [4.69, 9.17) is 21.1 Å². The third-order valence-corrected chi connectivity index (χ3v) is 6.14. The summed E-state index contributed by atoms with van der Waals surface area (Å²) in [5, 5.41) is 50.6. The van der Waals surface area contributed by atoms with Gasteiger partial charge in [-0.25, -0.2) is 0 Å². The van der Waals surface area contributed by atoms with Crippen molar-refractivity contribution in [2.45, 2.75) is 49.5 Å². The Bertz CT molecular complexity index is 903. The van der Waals surface area contributed by atoms with Crippen LogP contribution in [0.1, 0.15) is 40.9 Å². The minimum Gasteiger partial charge on any atom is -0.493 e. The molecule has 0 spiro atoms. The summed E-state index contributed by atoms with van der Waals surface area (Å²) in [5.41, 5.74) is 3.04. The van der Waals surface area contributed by atoms with Crippen molar-refractivity contribution in [3.8, 4) is 5.75 Å². The van der Waals surface area contributed by atoms with Crippen molar-refractivity contribution in [1.82, 2.24) is 0 Å². The summed E-state index contributed by atoms with van der Waals surface area (Å²) < 4.78 is 11.2. The van der Waals surface area contributed by atoms with E-state index in [2.05, 4.69) is 0 Å². The molecule has 0 aliphatic carbocycles. The first-order valence-electron chi connectivity index (χ1n) is 9.91. The summed E-state index contributed by atoms with van der Waals surface area (Å²) in [6.45, 7) is 0.00189. The van der Waals surface area contributed by atoms with Crippen molar-refractivity contribution in [1.29, 1.82) is 0 Å². The fraction of sp³-hybridized carbons (Fsp3) is 0.455. The number of benzene rings is 2. The van der Waals surface area contributed by atoms with Gasteiger partial charge in [0.15, 0.2) is 0 Å². The summed E-state index contributed by atoms with van der Waals surface area (Å²) in [5.74, 6) is 0.679. The SMILES string of the molecule is OCC1OC(c2ccc(Cl)c(Cc3ccc4c(c3)C(O)CCO4)c2)C(O)C(O)C1O. The van der Waals surface area contributed by atoms with Gasteiger partial charge >= 0.3 is 0 Å². The van der Waals surface area contributed by atoms with Crippen molar-refractivity contribution >= 4 is 11.6 Å². The summed E-state index contributed by atoms with van der Waals surface area (Å²) >= 11 is 6.39. The molecule has 6 atom stereocenters. The van der Waals surface area contributed by atoms with Gasteiger partial charge in [-0.05, 0) is 41.3 Å². The molecule has 2 aliphatic rings. The Balaban J connectivity index is 1.60. The molecule has 8 heteroatoms. The number of aliphatic hydroxyl groups excluding tert-OH is 5. The van der Waals surface area contributed by atoms with Gasteiger partial charge in [0, 0.05) is 17.0 Å². The molecular weight excluding hydrogens is 412 g/mol. The molecule has 7 nitrogen and oxygen atoms in total. The summed E-state index contributed by atoms with van der Waals surface area (Å²) in [6, 6.07) is 10.8. The molecule has 4 rings (SSSR count). The van der Waals surface area contributed by atoms with E-state index in [1.54, 1.807) is 18.2 Å². The number of fused-ring (bicyclic) bond motifs is 1. The van der Waals surface area contributed by atoms with Gasteiger partial charge in [0.1, 0.15) is 36.3 Å². The van der Waals surface area contributed by atoms with Gasteiger partial charge < -0.3 is 35.0 Å². The maximum Gasteiger partial charge on any atom is 0.125 e. The van der Waals surface area contributed by atoms with E-state index in [0.717, 1.165) is 16.7 Å². The second-order valence-corrected chi connectivity index (χ2v) is 8.21. The first kappa shape index (κ1) is 21.5. The molecule has 0 amide bonds. The number of rotatable bonds is 4. The second-order valence-electron chi connectivity index (χ2n) is 7.80. The van der Waals surface area contributed by atoms with E-state index in [1.165, 1.54) is 0 Å². The van der Waals surface area contributed by atoms with Gasteiger partial charge in [-0.1, -0.05) is 29.8 Å². The molecule has 2 heterocycles. The van der Waals surface area contributed by atoms with Crippen LogP contribution in [0.15, 0.2) is 36.4 Å². The summed E-state index contributed by atoms with van der Waals surface area (Å²) in [6.07, 6.45) is -5.64. The summed E-state index contributed by atoms with van der Waals surface area (Å²) in [7, 11) is 0. The first-order chi connectivity index (χ1) is 14.4. The molecule has 2 aliphatic heterocycles. The fourth-order valence-electron chi connectivity index (χ4n) is 4.04. The molecule has 0 aromatic heterocycles. The third kappa shape index (κ3) is 4.07. The molecule has 5 N–H and O–H groups in total. The molecule has 30 heavy (non-hydrogen) atoms. The molecule has 1 saturated heterocycles. The van der Waals surface area contributed by atoms with Gasteiger partial charge in [-0.3, -0.25) is 0 Å². The Kier molecular flexibility index (Phi) is 6.31. The summed E-state index contributed by atoms with van der Waals surface area (Å²) in [4.78, 5) is 0. The minimum absolute atomic E-state index is 0.476. The lowest BCUT2D eigenvalue weighted by Crippen LogP contribution is -2.55. The zero-order chi connectivity index (χ0) is 21.4. The smallest absolute Gasteiger partial charge is 0.125 e. The molecule has 2 aromatic rings. The molecule has 162 valence electrons. The molecular formula is C22H25ClO7. The quantitative estimate of drug-likeness (QED) is 0.489. The average Bonchev–Trinajstić information content (AvgIpc) is 2.75. The van der Waals surface area contributed by atoms with Crippen LogP contribution in [-0.2, 0) is 11.2 Å². The largest absolute Gasteiger partial charge is 0.493 e. The molecule has 6 unspecified atom stereocenters. The normalized spacial score (nSPS) is 31.1. The molecule has 2 aromatic carbocycles. The molecule has 0 bridgehead atoms. The Morgan fingerprint density at radius 3 is 2.53 bits per heavy atom. The highest BCUT2D eigenvalue weighted by Gasteiger charge is 2.44. The Morgan fingerprint density at radius 2 is 1.77 bits per heavy atom. The maximum atomic E-state index is 10.4. The van der Waals surface area contributed by atoms with Gasteiger partial charge in [0.05, 0.1) is 19.3 Å². The van der Waals surface area contributed by atoms with E-state index in [9.17, 15) is 25.5 Å². The lowest BCUT2D eigenvalue weighted by atomic mass is 9.90. The highest BCUT2D eigenvalue weighted by molar-refractivity contribution is 6.31. The van der Waals surface area contributed by atoms with Crippen molar-refractivity contribution < 1.29 is 35.0 Å². The lowest BCUT2D eigenvalue weighted by molar-refractivity contribution is -0.231. The van der Waals surface area contributed by atoms with Crippen LogP contribution in [0, 0.1) is 0 Å². The third-order valence-electron chi connectivity index (χ3n) is 5.77. The van der Waals surface area contributed by atoms with Crippen molar-refractivity contribution in [2.24, 2.45) is 0 Å². The van der Waals surface area contributed by atoms with Crippen molar-refractivity contribution in [3.05, 3.63) is 63.7 Å². The van der Waals surface area contributed by atoms with Crippen LogP contribution in [0.2, 0.25) is 5.02 Å². The van der Waals surface area contributed by atoms with Crippen LogP contribution in [0.5, 0.6) is 5.75 Å². The van der Waals surface area contributed by atoms with E-state index < -0.39 is 43.2 Å². The predicted molar refractivity (Wildman–Crippen MR) is 108 cm³/mol. The first-order valence-corrected chi connectivity index (χ1v) is 10.3. The van der Waals surface area contributed by atoms with Gasteiger partial charge in [0.2, 0.25) is 0 Å². The number of aliphatic hydroxyl groups is 5. The van der Waals surface area contributed by atoms with E-state index >= 15 is 0 Å². The monoisotopic (exact) mass is 436 g/mol. The topological polar surface area (TPSA) is 120 Å². The van der Waals surface area contributed by atoms with E-state index in [-0.39, 0.29) is 0 Å². The number of hydrogen-bond donors (Lipinski definition) is 5. The Labute approximate surface area is 179 Å². The number of ether oxygens (including phenoxy) is 2. The van der Waals surface area contributed by atoms with Crippen LogP contribution in [0.3, 0.4) is 0 Å². The van der Waals surface area contributed by atoms with Crippen LogP contribution in [-0.4, -0.2) is 63.2 Å². The lowest BCUT2D eigenvalue weighted by Gasteiger charge is -2.40. The maximum absolute atomic E-state index is 10.4. The van der Waals surface area contributed by atoms with Gasteiger partial charge in [-0.15, -0.1) is 0 Å². The van der Waals surface area contributed by atoms with Gasteiger partial charge in [0.25, 0.3) is 0 Å². The van der Waals surface area contributed by atoms with Gasteiger partial charge in [-0.2, -0.15) is 0 Å². The van der Waals surface area contributed by atoms with Crippen LogP contribution >= 0.6 is 11.6 Å².